The van der Waals surface area contributed by atoms with Crippen molar-refractivity contribution in [2.75, 3.05) is 30.9 Å². The summed E-state index contributed by atoms with van der Waals surface area (Å²) in [7, 11) is 6.02. The minimum atomic E-state index is 0.0970. The molecule has 2 aromatic carbocycles. The fourth-order valence-electron chi connectivity index (χ4n) is 4.15. The first-order valence-corrected chi connectivity index (χ1v) is 10.5. The zero-order chi connectivity index (χ0) is 22.1. The standard InChI is InChI=1S/C24H31N7/c1-16(25)24-21-10-5-17(18-14-27-30(4)15-18)13-22(21)23(11-12-31(24)26)28-19-6-8-20(9-7-19)29(2)3/h5-10,13-15,23,28H,11-12,25-26H2,1-4H3/b24-16-. The van der Waals surface area contributed by atoms with Crippen LogP contribution in [0.2, 0.25) is 0 Å². The van der Waals surface area contributed by atoms with Crippen LogP contribution in [-0.4, -0.2) is 35.4 Å². The highest BCUT2D eigenvalue weighted by Gasteiger charge is 2.26. The van der Waals surface area contributed by atoms with Gasteiger partial charge in [0, 0.05) is 62.1 Å². The van der Waals surface area contributed by atoms with Crippen molar-refractivity contribution in [2.45, 2.75) is 19.4 Å². The lowest BCUT2D eigenvalue weighted by molar-refractivity contribution is 0.402. The number of anilines is 2. The van der Waals surface area contributed by atoms with Gasteiger partial charge in [-0.1, -0.05) is 12.1 Å². The molecule has 0 aliphatic carbocycles. The Kier molecular flexibility index (Phi) is 5.61. The van der Waals surface area contributed by atoms with Gasteiger partial charge in [0.15, 0.2) is 0 Å². The van der Waals surface area contributed by atoms with E-state index in [0.717, 1.165) is 34.5 Å². The largest absolute Gasteiger partial charge is 0.401 e. The van der Waals surface area contributed by atoms with E-state index in [0.29, 0.717) is 12.2 Å². The number of aryl methyl sites for hydroxylation is 1. The van der Waals surface area contributed by atoms with Crippen LogP contribution in [0.4, 0.5) is 11.4 Å². The van der Waals surface area contributed by atoms with E-state index >= 15 is 0 Å². The lowest BCUT2D eigenvalue weighted by Gasteiger charge is -2.22. The molecule has 5 N–H and O–H groups in total. The molecule has 0 radical (unpaired) electrons. The van der Waals surface area contributed by atoms with Crippen LogP contribution in [0.5, 0.6) is 0 Å². The fraction of sp³-hybridized carbons (Fsp3) is 0.292. The molecule has 1 aliphatic rings. The van der Waals surface area contributed by atoms with Gasteiger partial charge < -0.3 is 21.0 Å². The van der Waals surface area contributed by atoms with Crippen LogP contribution in [0, 0.1) is 0 Å². The van der Waals surface area contributed by atoms with Crippen LogP contribution < -0.4 is 21.8 Å². The molecule has 0 spiro atoms. The van der Waals surface area contributed by atoms with E-state index in [-0.39, 0.29) is 6.04 Å². The maximum Gasteiger partial charge on any atom is 0.0777 e. The summed E-state index contributed by atoms with van der Waals surface area (Å²) in [5.74, 6) is 6.40. The Morgan fingerprint density at radius 2 is 1.87 bits per heavy atom. The zero-order valence-corrected chi connectivity index (χ0v) is 18.6. The average molecular weight is 418 g/mol. The number of hydrogen-bond donors (Lipinski definition) is 3. The molecule has 162 valence electrons. The summed E-state index contributed by atoms with van der Waals surface area (Å²) in [4.78, 5) is 2.10. The highest BCUT2D eigenvalue weighted by molar-refractivity contribution is 5.75. The average Bonchev–Trinajstić information content (AvgIpc) is 3.12. The second-order valence-corrected chi connectivity index (χ2v) is 8.36. The Balaban J connectivity index is 1.77. The molecule has 1 aliphatic heterocycles. The number of allylic oxidation sites excluding steroid dienone is 1. The molecule has 0 saturated carbocycles. The van der Waals surface area contributed by atoms with E-state index in [4.69, 9.17) is 11.6 Å². The van der Waals surface area contributed by atoms with Crippen molar-refractivity contribution in [1.82, 2.24) is 14.8 Å². The maximum absolute atomic E-state index is 6.40. The minimum absolute atomic E-state index is 0.0970. The Bertz CT molecular complexity index is 1090. The SMILES string of the molecule is C/C(N)=C1\c2ccc(-c3cnn(C)c3)cc2C(Nc2ccc(N(C)C)cc2)CCN1N. The van der Waals surface area contributed by atoms with Crippen molar-refractivity contribution in [1.29, 1.82) is 0 Å². The van der Waals surface area contributed by atoms with E-state index in [1.54, 1.807) is 5.01 Å². The molecule has 1 unspecified atom stereocenters. The molecular formula is C24H31N7. The second-order valence-electron chi connectivity index (χ2n) is 8.36. The van der Waals surface area contributed by atoms with E-state index in [1.165, 1.54) is 11.3 Å². The van der Waals surface area contributed by atoms with Gasteiger partial charge in [-0.2, -0.15) is 5.10 Å². The number of nitrogens with two attached hydrogens (primary N) is 2. The molecule has 3 aromatic rings. The van der Waals surface area contributed by atoms with Crippen molar-refractivity contribution in [2.24, 2.45) is 18.6 Å². The molecule has 4 rings (SSSR count). The van der Waals surface area contributed by atoms with Crippen molar-refractivity contribution in [3.63, 3.8) is 0 Å². The smallest absolute Gasteiger partial charge is 0.0777 e. The number of nitrogens with one attached hydrogen (secondary N) is 1. The van der Waals surface area contributed by atoms with Crippen LogP contribution in [-0.2, 0) is 7.05 Å². The number of rotatable bonds is 4. The zero-order valence-electron chi connectivity index (χ0n) is 18.6. The number of benzene rings is 2. The molecule has 0 bridgehead atoms. The van der Waals surface area contributed by atoms with Crippen molar-refractivity contribution in [3.05, 3.63) is 71.7 Å². The third-order valence-corrected chi connectivity index (χ3v) is 5.76. The summed E-state index contributed by atoms with van der Waals surface area (Å²) >= 11 is 0. The van der Waals surface area contributed by atoms with Gasteiger partial charge in [-0.25, -0.2) is 5.84 Å². The van der Waals surface area contributed by atoms with Gasteiger partial charge in [0.1, 0.15) is 0 Å². The van der Waals surface area contributed by atoms with Crippen molar-refractivity contribution >= 4 is 17.1 Å². The summed E-state index contributed by atoms with van der Waals surface area (Å²) < 4.78 is 1.82. The van der Waals surface area contributed by atoms with Gasteiger partial charge in [-0.3, -0.25) is 4.68 Å². The van der Waals surface area contributed by atoms with Gasteiger partial charge in [0.2, 0.25) is 0 Å². The summed E-state index contributed by atoms with van der Waals surface area (Å²) in [5.41, 5.74) is 14.6. The Morgan fingerprint density at radius 1 is 1.13 bits per heavy atom. The monoisotopic (exact) mass is 417 g/mol. The molecule has 0 amide bonds. The van der Waals surface area contributed by atoms with Gasteiger partial charge >= 0.3 is 0 Å². The molecule has 0 fully saturated rings. The molecule has 1 atom stereocenters. The first-order chi connectivity index (χ1) is 14.8. The number of hydrazine groups is 1. The lowest BCUT2D eigenvalue weighted by atomic mass is 9.93. The van der Waals surface area contributed by atoms with E-state index in [9.17, 15) is 0 Å². The number of fused-ring (bicyclic) bond motifs is 1. The molecule has 2 heterocycles. The third kappa shape index (κ3) is 4.22. The number of nitrogens with zero attached hydrogens (tertiary/aromatic N) is 4. The van der Waals surface area contributed by atoms with E-state index < -0.39 is 0 Å². The van der Waals surface area contributed by atoms with Crippen molar-refractivity contribution in [3.8, 4) is 11.1 Å². The fourth-order valence-corrected chi connectivity index (χ4v) is 4.15. The first kappa shape index (κ1) is 20.8. The normalized spacial score (nSPS) is 17.7. The lowest BCUT2D eigenvalue weighted by Crippen LogP contribution is -2.31. The van der Waals surface area contributed by atoms with Crippen LogP contribution in [0.3, 0.4) is 0 Å². The second kappa shape index (κ2) is 8.35. The molecule has 7 heteroatoms. The van der Waals surface area contributed by atoms with E-state index in [1.807, 2.05) is 45.1 Å². The minimum Gasteiger partial charge on any atom is -0.401 e. The Hall–Kier alpha value is -3.45. The Morgan fingerprint density at radius 3 is 2.48 bits per heavy atom. The topological polar surface area (TPSA) is 88.4 Å². The van der Waals surface area contributed by atoms with Crippen molar-refractivity contribution < 1.29 is 0 Å². The summed E-state index contributed by atoms with van der Waals surface area (Å²) in [6.45, 7) is 2.61. The van der Waals surface area contributed by atoms with E-state index in [2.05, 4.69) is 57.8 Å². The Labute approximate surface area is 183 Å². The van der Waals surface area contributed by atoms with Crippen LogP contribution >= 0.6 is 0 Å². The van der Waals surface area contributed by atoms with Gasteiger partial charge in [-0.15, -0.1) is 0 Å². The predicted octanol–water partition coefficient (Wildman–Crippen LogP) is 3.53. The third-order valence-electron chi connectivity index (χ3n) is 5.76. The first-order valence-electron chi connectivity index (χ1n) is 10.5. The summed E-state index contributed by atoms with van der Waals surface area (Å²) in [5, 5.41) is 9.82. The number of aromatic nitrogens is 2. The molecular weight excluding hydrogens is 386 g/mol. The van der Waals surface area contributed by atoms with Crippen LogP contribution in [0.25, 0.3) is 16.8 Å². The highest BCUT2D eigenvalue weighted by Crippen LogP contribution is 2.37. The molecule has 1 aromatic heterocycles. The van der Waals surface area contributed by atoms with Crippen LogP contribution in [0.1, 0.15) is 30.5 Å². The van der Waals surface area contributed by atoms with Gasteiger partial charge in [0.25, 0.3) is 0 Å². The van der Waals surface area contributed by atoms with Crippen LogP contribution in [0.15, 0.2) is 60.6 Å². The predicted molar refractivity (Wildman–Crippen MR) is 128 cm³/mol. The van der Waals surface area contributed by atoms with Gasteiger partial charge in [0.05, 0.1) is 17.9 Å². The van der Waals surface area contributed by atoms with Gasteiger partial charge in [-0.05, 0) is 54.8 Å². The highest BCUT2D eigenvalue weighted by atomic mass is 15.4. The number of hydrogen-bond acceptors (Lipinski definition) is 6. The summed E-state index contributed by atoms with van der Waals surface area (Å²) in [6.07, 6.45) is 4.77. The molecule has 31 heavy (non-hydrogen) atoms. The maximum atomic E-state index is 6.40. The molecule has 7 nitrogen and oxygen atoms in total. The molecule has 0 saturated heterocycles. The summed E-state index contributed by atoms with van der Waals surface area (Å²) in [6, 6.07) is 15.1. The quantitative estimate of drug-likeness (QED) is 0.563.